The largest absolute Gasteiger partial charge is 0.493 e. The van der Waals surface area contributed by atoms with E-state index >= 15 is 0 Å². The molecule has 158 valence electrons. The minimum atomic E-state index is -2.93. The maximum absolute atomic E-state index is 13.3. The van der Waals surface area contributed by atoms with Crippen molar-refractivity contribution in [1.82, 2.24) is 9.80 Å². The van der Waals surface area contributed by atoms with E-state index in [0.29, 0.717) is 6.54 Å². The molecule has 0 aliphatic heterocycles. The van der Waals surface area contributed by atoms with Gasteiger partial charge >= 0.3 is 6.61 Å². The van der Waals surface area contributed by atoms with Gasteiger partial charge in [0, 0.05) is 13.6 Å². The highest BCUT2D eigenvalue weighted by atomic mass is 19.3. The Bertz CT molecular complexity index is 783. The van der Waals surface area contributed by atoms with Crippen molar-refractivity contribution < 1.29 is 23.0 Å². The molecule has 7 heteroatoms. The smallest absolute Gasteiger partial charge is 0.387 e. The molecule has 0 heterocycles. The number of benzene rings is 2. The molecule has 2 aromatic carbocycles. The van der Waals surface area contributed by atoms with E-state index in [-0.39, 0.29) is 23.4 Å². The summed E-state index contributed by atoms with van der Waals surface area (Å²) in [6.45, 7) is 2.92. The first-order chi connectivity index (χ1) is 13.9. The van der Waals surface area contributed by atoms with Crippen molar-refractivity contribution in [2.75, 3.05) is 27.2 Å². The first kappa shape index (κ1) is 22.6. The van der Waals surface area contributed by atoms with Crippen LogP contribution in [0, 0.1) is 0 Å². The normalized spacial score (nSPS) is 12.1. The maximum Gasteiger partial charge on any atom is 0.387 e. The molecule has 0 aromatic heterocycles. The monoisotopic (exact) mass is 406 g/mol. The summed E-state index contributed by atoms with van der Waals surface area (Å²) in [6.07, 6.45) is 0. The molecular weight excluding hydrogens is 378 g/mol. The van der Waals surface area contributed by atoms with E-state index in [4.69, 9.17) is 4.74 Å². The van der Waals surface area contributed by atoms with Gasteiger partial charge in [-0.05, 0) is 36.3 Å². The van der Waals surface area contributed by atoms with Gasteiger partial charge in [0.2, 0.25) is 5.91 Å². The second-order valence-electron chi connectivity index (χ2n) is 6.59. The number of alkyl halides is 2. The lowest BCUT2D eigenvalue weighted by atomic mass is 10.0. The predicted molar refractivity (Wildman–Crippen MR) is 108 cm³/mol. The van der Waals surface area contributed by atoms with Gasteiger partial charge in [-0.2, -0.15) is 8.78 Å². The zero-order valence-electron chi connectivity index (χ0n) is 17.3. The van der Waals surface area contributed by atoms with E-state index in [1.54, 1.807) is 24.1 Å². The molecule has 0 saturated carbocycles. The number of nitrogens with zero attached hydrogens (tertiary/aromatic N) is 2. The average molecular weight is 406 g/mol. The van der Waals surface area contributed by atoms with E-state index in [1.165, 1.54) is 13.2 Å². The Morgan fingerprint density at radius 3 is 2.24 bits per heavy atom. The Morgan fingerprint density at radius 1 is 1.03 bits per heavy atom. The molecule has 0 fully saturated rings. The summed E-state index contributed by atoms with van der Waals surface area (Å²) in [5, 5.41) is 0. The first-order valence-corrected chi connectivity index (χ1v) is 9.56. The lowest BCUT2D eigenvalue weighted by Crippen LogP contribution is -2.41. The van der Waals surface area contributed by atoms with Crippen LogP contribution in [0.25, 0.3) is 0 Å². The zero-order valence-corrected chi connectivity index (χ0v) is 17.3. The van der Waals surface area contributed by atoms with Crippen LogP contribution in [0.1, 0.15) is 31.0 Å². The van der Waals surface area contributed by atoms with Gasteiger partial charge in [-0.3, -0.25) is 9.69 Å². The number of rotatable bonds is 10. The van der Waals surface area contributed by atoms with Crippen molar-refractivity contribution in [3.05, 3.63) is 59.7 Å². The van der Waals surface area contributed by atoms with Gasteiger partial charge in [0.15, 0.2) is 11.5 Å². The highest BCUT2D eigenvalue weighted by Crippen LogP contribution is 2.30. The van der Waals surface area contributed by atoms with Crippen LogP contribution in [0.3, 0.4) is 0 Å². The van der Waals surface area contributed by atoms with Crippen LogP contribution in [0.15, 0.2) is 48.5 Å². The summed E-state index contributed by atoms with van der Waals surface area (Å²) in [6, 6.07) is 14.0. The highest BCUT2D eigenvalue weighted by Gasteiger charge is 2.28. The van der Waals surface area contributed by atoms with Crippen LogP contribution in [0.5, 0.6) is 11.5 Å². The SMILES string of the molecule is CCN(CC)C(C(=O)N(C)Cc1ccc(OC(F)F)c(OC)c1)c1ccccc1. The Labute approximate surface area is 170 Å². The van der Waals surface area contributed by atoms with Gasteiger partial charge in [-0.1, -0.05) is 50.2 Å². The van der Waals surface area contributed by atoms with Crippen molar-refractivity contribution in [1.29, 1.82) is 0 Å². The summed E-state index contributed by atoms with van der Waals surface area (Å²) in [4.78, 5) is 17.0. The zero-order chi connectivity index (χ0) is 21.4. The lowest BCUT2D eigenvalue weighted by molar-refractivity contribution is -0.136. The molecule has 0 N–H and O–H groups in total. The molecule has 29 heavy (non-hydrogen) atoms. The summed E-state index contributed by atoms with van der Waals surface area (Å²) in [5.41, 5.74) is 1.69. The van der Waals surface area contributed by atoms with Crippen LogP contribution in [-0.4, -0.2) is 49.6 Å². The van der Waals surface area contributed by atoms with E-state index < -0.39 is 6.61 Å². The summed E-state index contributed by atoms with van der Waals surface area (Å²) < 4.78 is 34.6. The second-order valence-corrected chi connectivity index (χ2v) is 6.59. The van der Waals surface area contributed by atoms with Gasteiger partial charge < -0.3 is 14.4 Å². The van der Waals surface area contributed by atoms with E-state index in [1.807, 2.05) is 44.2 Å². The van der Waals surface area contributed by atoms with E-state index in [2.05, 4.69) is 9.64 Å². The summed E-state index contributed by atoms with van der Waals surface area (Å²) in [7, 11) is 3.12. The highest BCUT2D eigenvalue weighted by molar-refractivity contribution is 5.83. The lowest BCUT2D eigenvalue weighted by Gasteiger charge is -2.32. The molecule has 0 aliphatic carbocycles. The number of hydrogen-bond acceptors (Lipinski definition) is 4. The van der Waals surface area contributed by atoms with Crippen molar-refractivity contribution in [3.63, 3.8) is 0 Å². The summed E-state index contributed by atoms with van der Waals surface area (Å²) >= 11 is 0. The molecule has 0 radical (unpaired) electrons. The van der Waals surface area contributed by atoms with Crippen LogP contribution >= 0.6 is 0 Å². The van der Waals surface area contributed by atoms with Gasteiger partial charge in [0.05, 0.1) is 7.11 Å². The molecule has 1 amide bonds. The van der Waals surface area contributed by atoms with Gasteiger partial charge in [-0.15, -0.1) is 0 Å². The van der Waals surface area contributed by atoms with Crippen molar-refractivity contribution in [2.45, 2.75) is 33.0 Å². The minimum absolute atomic E-state index is 0.0354. The van der Waals surface area contributed by atoms with Gasteiger partial charge in [0.25, 0.3) is 0 Å². The fourth-order valence-electron chi connectivity index (χ4n) is 3.30. The Kier molecular flexibility index (Phi) is 8.39. The van der Waals surface area contributed by atoms with Crippen molar-refractivity contribution in [3.8, 4) is 11.5 Å². The van der Waals surface area contributed by atoms with Crippen molar-refractivity contribution >= 4 is 5.91 Å². The van der Waals surface area contributed by atoms with Crippen LogP contribution in [0.4, 0.5) is 8.78 Å². The number of carbonyl (C=O) groups excluding carboxylic acids is 1. The molecule has 1 unspecified atom stereocenters. The number of likely N-dealkylation sites (N-methyl/N-ethyl adjacent to an activating group) is 2. The minimum Gasteiger partial charge on any atom is -0.493 e. The molecule has 1 atom stereocenters. The molecule has 2 aromatic rings. The maximum atomic E-state index is 13.3. The Hall–Kier alpha value is -2.67. The molecule has 0 aliphatic rings. The third-order valence-electron chi connectivity index (χ3n) is 4.77. The second kappa shape index (κ2) is 10.8. The third-order valence-corrected chi connectivity index (χ3v) is 4.77. The fraction of sp³-hybridized carbons (Fsp3) is 0.409. The molecular formula is C22H28F2N2O3. The number of halogens is 2. The van der Waals surface area contributed by atoms with Crippen LogP contribution in [-0.2, 0) is 11.3 Å². The first-order valence-electron chi connectivity index (χ1n) is 9.56. The van der Waals surface area contributed by atoms with Crippen molar-refractivity contribution in [2.24, 2.45) is 0 Å². The standard InChI is InChI=1S/C22H28F2N2O3/c1-5-26(6-2)20(17-10-8-7-9-11-17)21(27)25(3)15-16-12-13-18(29-22(23)24)19(14-16)28-4/h7-14,20,22H,5-6,15H2,1-4H3. The quantitative estimate of drug-likeness (QED) is 0.589. The number of amides is 1. The predicted octanol–water partition coefficient (Wildman–Crippen LogP) is 4.34. The van der Waals surface area contributed by atoms with E-state index in [0.717, 1.165) is 24.2 Å². The average Bonchev–Trinajstić information content (AvgIpc) is 2.72. The molecule has 0 saturated heterocycles. The van der Waals surface area contributed by atoms with E-state index in [9.17, 15) is 13.6 Å². The third kappa shape index (κ3) is 5.90. The van der Waals surface area contributed by atoms with Gasteiger partial charge in [0.1, 0.15) is 6.04 Å². The summed E-state index contributed by atoms with van der Waals surface area (Å²) in [5.74, 6) is 0.129. The number of ether oxygens (including phenoxy) is 2. The Balaban J connectivity index is 2.23. The number of carbonyl (C=O) groups is 1. The molecule has 0 spiro atoms. The van der Waals surface area contributed by atoms with Gasteiger partial charge in [-0.25, -0.2) is 0 Å². The Morgan fingerprint density at radius 2 is 1.69 bits per heavy atom. The van der Waals surface area contributed by atoms with Crippen LogP contribution in [0.2, 0.25) is 0 Å². The molecule has 0 bridgehead atoms. The topological polar surface area (TPSA) is 42.0 Å². The number of hydrogen-bond donors (Lipinski definition) is 0. The molecule has 2 rings (SSSR count). The fourth-order valence-corrected chi connectivity index (χ4v) is 3.30. The molecule has 5 nitrogen and oxygen atoms in total. The van der Waals surface area contributed by atoms with Crippen LogP contribution < -0.4 is 9.47 Å². The number of methoxy groups -OCH3 is 1.